The molecule has 0 amide bonds. The molecule has 2 rings (SSSR count). The predicted octanol–water partition coefficient (Wildman–Crippen LogP) is 1.39. The molecule has 0 saturated heterocycles. The highest BCUT2D eigenvalue weighted by atomic mass is 32.2. The van der Waals surface area contributed by atoms with Crippen LogP contribution >= 0.6 is 11.8 Å². The molecule has 2 aromatic rings. The zero-order valence-corrected chi connectivity index (χ0v) is 10.3. The number of nitrogens with zero attached hydrogens (tertiary/aromatic N) is 3. The van der Waals surface area contributed by atoms with Crippen molar-refractivity contribution in [2.75, 3.05) is 12.8 Å². The maximum absolute atomic E-state index is 11.3. The van der Waals surface area contributed by atoms with Gasteiger partial charge in [0.15, 0.2) is 5.69 Å². The Morgan fingerprint density at radius 3 is 2.89 bits per heavy atom. The first kappa shape index (κ1) is 12.3. The van der Waals surface area contributed by atoms with Crippen LogP contribution in [-0.2, 0) is 4.74 Å². The summed E-state index contributed by atoms with van der Waals surface area (Å²) in [5.74, 6) is -0.521. The van der Waals surface area contributed by atoms with Crippen LogP contribution in [0.1, 0.15) is 10.5 Å². The summed E-state index contributed by atoms with van der Waals surface area (Å²) >= 11 is 1.31. The van der Waals surface area contributed by atoms with Crippen LogP contribution in [0.5, 0.6) is 0 Å². The Morgan fingerprint density at radius 1 is 1.33 bits per heavy atom. The quantitative estimate of drug-likeness (QED) is 0.836. The minimum atomic E-state index is -0.521. The molecule has 92 valence electrons. The summed E-state index contributed by atoms with van der Waals surface area (Å²) < 4.78 is 4.58. The van der Waals surface area contributed by atoms with Crippen LogP contribution < -0.4 is 5.73 Å². The average molecular weight is 262 g/mol. The standard InChI is InChI=1S/C11H10N4O2S/c1-17-11(16)8-5-14-6-10(15-8)18-9-2-3-13-4-7(9)12/h2-6H,12H2,1H3. The summed E-state index contributed by atoms with van der Waals surface area (Å²) in [6.45, 7) is 0. The molecule has 0 fully saturated rings. The van der Waals surface area contributed by atoms with Gasteiger partial charge in [0.2, 0.25) is 0 Å². The number of carbonyl (C=O) groups excluding carboxylic acids is 1. The van der Waals surface area contributed by atoms with Gasteiger partial charge < -0.3 is 10.5 Å². The van der Waals surface area contributed by atoms with E-state index in [1.165, 1.54) is 25.1 Å². The molecule has 0 aliphatic rings. The van der Waals surface area contributed by atoms with Crippen molar-refractivity contribution in [3.8, 4) is 0 Å². The number of aromatic nitrogens is 3. The fraction of sp³-hybridized carbons (Fsp3) is 0.0909. The number of anilines is 1. The molecule has 0 aromatic carbocycles. The number of hydrogen-bond acceptors (Lipinski definition) is 7. The van der Waals surface area contributed by atoms with Crippen LogP contribution in [0.25, 0.3) is 0 Å². The van der Waals surface area contributed by atoms with Gasteiger partial charge in [-0.25, -0.2) is 9.78 Å². The summed E-state index contributed by atoms with van der Waals surface area (Å²) in [5.41, 5.74) is 6.48. The largest absolute Gasteiger partial charge is 0.464 e. The third-order valence-electron chi connectivity index (χ3n) is 2.03. The summed E-state index contributed by atoms with van der Waals surface area (Å²) in [6, 6.07) is 1.77. The second-order valence-corrected chi connectivity index (χ2v) is 4.31. The lowest BCUT2D eigenvalue weighted by Crippen LogP contribution is -2.05. The number of nitrogen functional groups attached to an aromatic ring is 1. The third-order valence-corrected chi connectivity index (χ3v) is 3.03. The van der Waals surface area contributed by atoms with Gasteiger partial charge in [0.25, 0.3) is 0 Å². The maximum atomic E-state index is 11.3. The van der Waals surface area contributed by atoms with E-state index in [1.54, 1.807) is 24.7 Å². The van der Waals surface area contributed by atoms with Crippen molar-refractivity contribution >= 4 is 23.4 Å². The van der Waals surface area contributed by atoms with Gasteiger partial charge in [0, 0.05) is 11.1 Å². The number of esters is 1. The van der Waals surface area contributed by atoms with Crippen LogP contribution in [0.3, 0.4) is 0 Å². The van der Waals surface area contributed by atoms with Gasteiger partial charge in [-0.3, -0.25) is 9.97 Å². The molecule has 2 aromatic heterocycles. The van der Waals surface area contributed by atoms with Gasteiger partial charge in [-0.2, -0.15) is 0 Å². The minimum Gasteiger partial charge on any atom is -0.464 e. The van der Waals surface area contributed by atoms with Gasteiger partial charge in [0.1, 0.15) is 5.03 Å². The van der Waals surface area contributed by atoms with Crippen molar-refractivity contribution in [3.05, 3.63) is 36.5 Å². The Bertz CT molecular complexity index is 576. The third kappa shape index (κ3) is 2.75. The Balaban J connectivity index is 2.25. The Kier molecular flexibility index (Phi) is 3.73. The lowest BCUT2D eigenvalue weighted by Gasteiger charge is -2.04. The predicted molar refractivity (Wildman–Crippen MR) is 66.1 cm³/mol. The number of methoxy groups -OCH3 is 1. The molecule has 2 N–H and O–H groups in total. The lowest BCUT2D eigenvalue weighted by molar-refractivity contribution is 0.0592. The number of ether oxygens (including phenoxy) is 1. The molecule has 6 nitrogen and oxygen atoms in total. The molecule has 7 heteroatoms. The SMILES string of the molecule is COC(=O)c1cncc(Sc2ccncc2N)n1. The molecular weight excluding hydrogens is 252 g/mol. The number of carbonyl (C=O) groups is 1. The fourth-order valence-electron chi connectivity index (χ4n) is 1.20. The molecule has 0 unspecified atom stereocenters. The molecular formula is C11H10N4O2S. The smallest absolute Gasteiger partial charge is 0.358 e. The van der Waals surface area contributed by atoms with E-state index in [-0.39, 0.29) is 5.69 Å². The summed E-state index contributed by atoms with van der Waals surface area (Å²) in [4.78, 5) is 24.1. The van der Waals surface area contributed by atoms with E-state index in [4.69, 9.17) is 5.73 Å². The summed E-state index contributed by atoms with van der Waals surface area (Å²) in [7, 11) is 1.30. The van der Waals surface area contributed by atoms with Gasteiger partial charge >= 0.3 is 5.97 Å². The van der Waals surface area contributed by atoms with E-state index < -0.39 is 5.97 Å². The highest BCUT2D eigenvalue weighted by molar-refractivity contribution is 7.99. The second kappa shape index (κ2) is 5.46. The van der Waals surface area contributed by atoms with Gasteiger partial charge in [-0.15, -0.1) is 0 Å². The number of nitrogens with two attached hydrogens (primary N) is 1. The normalized spacial score (nSPS) is 10.1. The molecule has 0 atom stereocenters. The van der Waals surface area contributed by atoms with Crippen LogP contribution in [-0.4, -0.2) is 28.0 Å². The zero-order valence-electron chi connectivity index (χ0n) is 9.53. The molecule has 0 spiro atoms. The zero-order chi connectivity index (χ0) is 13.0. The topological polar surface area (TPSA) is 91.0 Å². The van der Waals surface area contributed by atoms with Crippen LogP contribution in [0.4, 0.5) is 5.69 Å². The second-order valence-electron chi connectivity index (χ2n) is 3.25. The number of hydrogen-bond donors (Lipinski definition) is 1. The van der Waals surface area contributed by atoms with Crippen LogP contribution in [0, 0.1) is 0 Å². The van der Waals surface area contributed by atoms with E-state index in [2.05, 4.69) is 19.7 Å². The van der Waals surface area contributed by atoms with Crippen LogP contribution in [0.2, 0.25) is 0 Å². The molecule has 0 aliphatic carbocycles. The highest BCUT2D eigenvalue weighted by Gasteiger charge is 2.10. The van der Waals surface area contributed by atoms with Crippen molar-refractivity contribution in [1.29, 1.82) is 0 Å². The number of pyridine rings is 1. The van der Waals surface area contributed by atoms with Gasteiger partial charge in [-0.05, 0) is 6.07 Å². The first-order valence-corrected chi connectivity index (χ1v) is 5.80. The number of rotatable bonds is 3. The summed E-state index contributed by atoms with van der Waals surface area (Å²) in [5, 5.41) is 0.566. The first-order chi connectivity index (χ1) is 8.70. The minimum absolute atomic E-state index is 0.162. The van der Waals surface area contributed by atoms with Gasteiger partial charge in [0.05, 0.1) is 31.4 Å². The van der Waals surface area contributed by atoms with Gasteiger partial charge in [-0.1, -0.05) is 11.8 Å². The molecule has 0 saturated carbocycles. The monoisotopic (exact) mass is 262 g/mol. The Morgan fingerprint density at radius 2 is 2.17 bits per heavy atom. The van der Waals surface area contributed by atoms with E-state index >= 15 is 0 Å². The van der Waals surface area contributed by atoms with Crippen molar-refractivity contribution in [2.45, 2.75) is 9.92 Å². The lowest BCUT2D eigenvalue weighted by atomic mass is 10.4. The molecule has 0 bridgehead atoms. The maximum Gasteiger partial charge on any atom is 0.358 e. The van der Waals surface area contributed by atoms with E-state index in [9.17, 15) is 4.79 Å². The average Bonchev–Trinajstić information content (AvgIpc) is 2.41. The van der Waals surface area contributed by atoms with Crippen molar-refractivity contribution < 1.29 is 9.53 Å². The Hall–Kier alpha value is -2.15. The molecule has 2 heterocycles. The first-order valence-electron chi connectivity index (χ1n) is 4.98. The van der Waals surface area contributed by atoms with E-state index in [0.29, 0.717) is 10.7 Å². The molecule has 0 radical (unpaired) electrons. The van der Waals surface area contributed by atoms with Crippen molar-refractivity contribution in [1.82, 2.24) is 15.0 Å². The summed E-state index contributed by atoms with van der Waals surface area (Å²) in [6.07, 6.45) is 6.10. The van der Waals surface area contributed by atoms with Crippen LogP contribution in [0.15, 0.2) is 40.8 Å². The molecule has 0 aliphatic heterocycles. The molecule has 18 heavy (non-hydrogen) atoms. The van der Waals surface area contributed by atoms with Crippen molar-refractivity contribution in [3.63, 3.8) is 0 Å². The van der Waals surface area contributed by atoms with E-state index in [1.807, 2.05) is 0 Å². The van der Waals surface area contributed by atoms with Crippen molar-refractivity contribution in [2.24, 2.45) is 0 Å². The fourth-order valence-corrected chi connectivity index (χ4v) is 1.98. The Labute approximate surface area is 108 Å². The highest BCUT2D eigenvalue weighted by Crippen LogP contribution is 2.29. The van der Waals surface area contributed by atoms with E-state index in [0.717, 1.165) is 4.90 Å².